The van der Waals surface area contributed by atoms with Gasteiger partial charge in [0.25, 0.3) is 0 Å². The third kappa shape index (κ3) is 2.76. The molecule has 0 amide bonds. The van der Waals surface area contributed by atoms with Crippen LogP contribution in [0.2, 0.25) is 0 Å². The summed E-state index contributed by atoms with van der Waals surface area (Å²) in [7, 11) is 0. The molecule has 0 saturated carbocycles. The van der Waals surface area contributed by atoms with Crippen LogP contribution in [0.1, 0.15) is 20.3 Å². The topological polar surface area (TPSA) is 97.3 Å². The molecule has 1 aromatic heterocycles. The molecule has 7 heteroatoms. The first-order chi connectivity index (χ1) is 9.02. The number of nitrogen functional groups attached to an aromatic ring is 1. The van der Waals surface area contributed by atoms with E-state index >= 15 is 0 Å². The molecular formula is C12H19N5O2. The van der Waals surface area contributed by atoms with Crippen LogP contribution in [-0.4, -0.2) is 23.0 Å². The van der Waals surface area contributed by atoms with Gasteiger partial charge in [-0.2, -0.15) is 0 Å². The normalized spacial score (nSPS) is 23.2. The van der Waals surface area contributed by atoms with Crippen molar-refractivity contribution in [3.8, 4) is 0 Å². The molecule has 1 saturated heterocycles. The van der Waals surface area contributed by atoms with Crippen LogP contribution in [-0.2, 0) is 0 Å². The predicted molar refractivity (Wildman–Crippen MR) is 73.9 cm³/mol. The summed E-state index contributed by atoms with van der Waals surface area (Å²) in [6, 6.07) is 2.96. The molecule has 0 radical (unpaired) electrons. The summed E-state index contributed by atoms with van der Waals surface area (Å²) in [4.78, 5) is 16.9. The van der Waals surface area contributed by atoms with Gasteiger partial charge in [0, 0.05) is 19.2 Å². The second-order valence-electron chi connectivity index (χ2n) is 5.13. The maximum Gasteiger partial charge on any atom is 0.311 e. The van der Waals surface area contributed by atoms with Crippen molar-refractivity contribution >= 4 is 17.3 Å². The lowest BCUT2D eigenvalue weighted by Crippen LogP contribution is -2.39. The first-order valence-corrected chi connectivity index (χ1v) is 6.40. The molecule has 2 atom stereocenters. The van der Waals surface area contributed by atoms with Crippen molar-refractivity contribution in [2.75, 3.05) is 23.4 Å². The molecule has 3 N–H and O–H groups in total. The van der Waals surface area contributed by atoms with Gasteiger partial charge in [0.05, 0.1) is 4.92 Å². The number of hydrogen-bond acceptors (Lipinski definition) is 6. The fourth-order valence-corrected chi connectivity index (χ4v) is 2.35. The first kappa shape index (κ1) is 13.5. The van der Waals surface area contributed by atoms with Crippen molar-refractivity contribution in [3.63, 3.8) is 0 Å². The van der Waals surface area contributed by atoms with Crippen molar-refractivity contribution in [2.24, 2.45) is 17.7 Å². The lowest BCUT2D eigenvalue weighted by molar-refractivity contribution is -0.384. The minimum absolute atomic E-state index is 0.0285. The second kappa shape index (κ2) is 5.40. The Kier molecular flexibility index (Phi) is 3.84. The molecule has 7 nitrogen and oxygen atoms in total. The average Bonchev–Trinajstić information content (AvgIpc) is 2.41. The Bertz CT molecular complexity index is 479. The second-order valence-corrected chi connectivity index (χ2v) is 5.13. The zero-order chi connectivity index (χ0) is 14.0. The number of hydrogen-bond donors (Lipinski definition) is 2. The SMILES string of the molecule is CC1CCN(c2nc(NN)ccc2[N+](=O)[O-])CC1C. The predicted octanol–water partition coefficient (Wildman–Crippen LogP) is 1.76. The fourth-order valence-electron chi connectivity index (χ4n) is 2.35. The Balaban J connectivity index is 2.34. The number of piperidine rings is 1. The molecule has 2 unspecified atom stereocenters. The molecule has 1 aromatic rings. The van der Waals surface area contributed by atoms with Crippen LogP contribution in [0.3, 0.4) is 0 Å². The number of pyridine rings is 1. The van der Waals surface area contributed by atoms with Crippen LogP contribution in [0.25, 0.3) is 0 Å². The highest BCUT2D eigenvalue weighted by atomic mass is 16.6. The van der Waals surface area contributed by atoms with E-state index in [0.29, 0.717) is 23.5 Å². The van der Waals surface area contributed by atoms with Gasteiger partial charge in [-0.25, -0.2) is 10.8 Å². The van der Waals surface area contributed by atoms with E-state index in [1.165, 1.54) is 12.1 Å². The minimum atomic E-state index is -0.397. The Labute approximate surface area is 111 Å². The molecule has 19 heavy (non-hydrogen) atoms. The third-order valence-electron chi connectivity index (χ3n) is 3.83. The summed E-state index contributed by atoms with van der Waals surface area (Å²) in [6.45, 7) is 5.94. The summed E-state index contributed by atoms with van der Waals surface area (Å²) < 4.78 is 0. The van der Waals surface area contributed by atoms with E-state index in [2.05, 4.69) is 24.3 Å². The summed E-state index contributed by atoms with van der Waals surface area (Å²) in [5, 5.41) is 11.1. The molecule has 0 bridgehead atoms. The minimum Gasteiger partial charge on any atom is -0.351 e. The summed E-state index contributed by atoms with van der Waals surface area (Å²) in [6.07, 6.45) is 1.01. The van der Waals surface area contributed by atoms with Gasteiger partial charge in [0.2, 0.25) is 5.82 Å². The van der Waals surface area contributed by atoms with E-state index in [9.17, 15) is 10.1 Å². The molecule has 1 aliphatic heterocycles. The van der Waals surface area contributed by atoms with E-state index in [4.69, 9.17) is 5.84 Å². The van der Waals surface area contributed by atoms with Gasteiger partial charge < -0.3 is 10.3 Å². The van der Waals surface area contributed by atoms with Gasteiger partial charge in [-0.3, -0.25) is 10.1 Å². The quantitative estimate of drug-likeness (QED) is 0.491. The van der Waals surface area contributed by atoms with Crippen LogP contribution >= 0.6 is 0 Å². The van der Waals surface area contributed by atoms with E-state index in [1.807, 2.05) is 4.90 Å². The van der Waals surface area contributed by atoms with Gasteiger partial charge in [-0.15, -0.1) is 0 Å². The summed E-state index contributed by atoms with van der Waals surface area (Å²) in [5.41, 5.74) is 2.46. The van der Waals surface area contributed by atoms with Gasteiger partial charge in [-0.1, -0.05) is 13.8 Å². The monoisotopic (exact) mass is 265 g/mol. The smallest absolute Gasteiger partial charge is 0.311 e. The lowest BCUT2D eigenvalue weighted by Gasteiger charge is -2.35. The van der Waals surface area contributed by atoms with Crippen LogP contribution < -0.4 is 16.2 Å². The lowest BCUT2D eigenvalue weighted by atomic mass is 9.88. The van der Waals surface area contributed by atoms with Crippen LogP contribution in [0.15, 0.2) is 12.1 Å². The van der Waals surface area contributed by atoms with Crippen molar-refractivity contribution in [1.29, 1.82) is 0 Å². The number of nitro groups is 1. The van der Waals surface area contributed by atoms with Crippen molar-refractivity contribution in [2.45, 2.75) is 20.3 Å². The van der Waals surface area contributed by atoms with Crippen LogP contribution in [0.4, 0.5) is 17.3 Å². The maximum atomic E-state index is 11.1. The molecule has 104 valence electrons. The third-order valence-corrected chi connectivity index (χ3v) is 3.83. The number of aromatic nitrogens is 1. The number of nitrogens with two attached hydrogens (primary N) is 1. The Morgan fingerprint density at radius 2 is 2.21 bits per heavy atom. The zero-order valence-electron chi connectivity index (χ0n) is 11.2. The standard InChI is InChI=1S/C12H19N5O2/c1-8-5-6-16(7-9(8)2)12-10(17(18)19)3-4-11(14-12)15-13/h3-4,8-9H,5-7,13H2,1-2H3,(H,14,15). The molecular weight excluding hydrogens is 246 g/mol. The molecule has 0 spiro atoms. The van der Waals surface area contributed by atoms with Crippen molar-refractivity contribution < 1.29 is 4.92 Å². The van der Waals surface area contributed by atoms with Gasteiger partial charge in [0.1, 0.15) is 5.82 Å². The Morgan fingerprint density at radius 1 is 1.47 bits per heavy atom. The maximum absolute atomic E-state index is 11.1. The van der Waals surface area contributed by atoms with Crippen molar-refractivity contribution in [1.82, 2.24) is 4.98 Å². The largest absolute Gasteiger partial charge is 0.351 e. The van der Waals surface area contributed by atoms with E-state index < -0.39 is 4.92 Å². The van der Waals surface area contributed by atoms with Gasteiger partial charge in [0.15, 0.2) is 0 Å². The Hall–Kier alpha value is -1.89. The Morgan fingerprint density at radius 3 is 2.79 bits per heavy atom. The number of nitrogens with zero attached hydrogens (tertiary/aromatic N) is 3. The summed E-state index contributed by atoms with van der Waals surface area (Å²) >= 11 is 0. The van der Waals surface area contributed by atoms with E-state index in [-0.39, 0.29) is 5.69 Å². The highest BCUT2D eigenvalue weighted by Crippen LogP contribution is 2.32. The first-order valence-electron chi connectivity index (χ1n) is 6.40. The van der Waals surface area contributed by atoms with Gasteiger partial charge in [-0.05, 0) is 24.3 Å². The molecule has 0 aliphatic carbocycles. The number of rotatable bonds is 3. The molecule has 0 aromatic carbocycles. The van der Waals surface area contributed by atoms with Crippen LogP contribution in [0, 0.1) is 22.0 Å². The average molecular weight is 265 g/mol. The van der Waals surface area contributed by atoms with E-state index in [1.54, 1.807) is 0 Å². The van der Waals surface area contributed by atoms with Crippen LogP contribution in [0.5, 0.6) is 0 Å². The highest BCUT2D eigenvalue weighted by Gasteiger charge is 2.28. The van der Waals surface area contributed by atoms with Crippen molar-refractivity contribution in [3.05, 3.63) is 22.2 Å². The fraction of sp³-hybridized carbons (Fsp3) is 0.583. The zero-order valence-corrected chi connectivity index (χ0v) is 11.2. The van der Waals surface area contributed by atoms with Gasteiger partial charge >= 0.3 is 5.69 Å². The molecule has 2 heterocycles. The number of anilines is 2. The molecule has 1 fully saturated rings. The highest BCUT2D eigenvalue weighted by molar-refractivity contribution is 5.61. The van der Waals surface area contributed by atoms with E-state index in [0.717, 1.165) is 19.5 Å². The number of hydrazine groups is 1. The number of nitrogens with one attached hydrogen (secondary N) is 1. The summed E-state index contributed by atoms with van der Waals surface area (Å²) in [5.74, 6) is 7.28. The molecule has 1 aliphatic rings. The molecule has 2 rings (SSSR count).